The number of aromatic hydroxyl groups is 1. The van der Waals surface area contributed by atoms with Crippen molar-refractivity contribution in [2.45, 2.75) is 120 Å². The van der Waals surface area contributed by atoms with Gasteiger partial charge in [0, 0.05) is 22.8 Å². The van der Waals surface area contributed by atoms with Gasteiger partial charge in [0.15, 0.2) is 0 Å². The van der Waals surface area contributed by atoms with Crippen LogP contribution < -0.4 is 0 Å². The quantitative estimate of drug-likeness (QED) is 0.161. The SMILES string of the molecule is Cc1cc(C(C)(C)c2ccc(C(C)(C)c3cc(C)c(O)c(C(O)(C(F)(F)F)C(F)(F)F)c3)c(C)c2)ccc1/C(=C/C(O)(C(F)(F)F)C(F)(F)F)CC(O)(C(F)(F)F)C(F)(F)F. The Morgan fingerprint density at radius 3 is 1.26 bits per heavy atom. The minimum atomic E-state index is -6.75. The number of hydrogen-bond donors (Lipinski definition) is 4. The van der Waals surface area contributed by atoms with Gasteiger partial charge in [-0.2, -0.15) is 79.0 Å². The molecule has 0 radical (unpaired) electrons. The molecule has 0 saturated heterocycles. The van der Waals surface area contributed by atoms with E-state index in [-0.39, 0.29) is 16.7 Å². The van der Waals surface area contributed by atoms with Crippen molar-refractivity contribution >= 4 is 5.57 Å². The lowest BCUT2D eigenvalue weighted by molar-refractivity contribution is -0.376. The molecule has 0 fully saturated rings. The van der Waals surface area contributed by atoms with E-state index in [2.05, 4.69) is 0 Å². The Hall–Kier alpha value is -4.18. The highest BCUT2D eigenvalue weighted by Gasteiger charge is 2.74. The molecule has 0 bridgehead atoms. The summed E-state index contributed by atoms with van der Waals surface area (Å²) in [5.41, 5.74) is -25.5. The largest absolute Gasteiger partial charge is 0.507 e. The molecule has 0 aliphatic heterocycles. The molecule has 0 aromatic heterocycles. The molecule has 0 aliphatic carbocycles. The van der Waals surface area contributed by atoms with Gasteiger partial charge in [-0.1, -0.05) is 70.2 Å². The number of phenols is 1. The van der Waals surface area contributed by atoms with Gasteiger partial charge in [0.25, 0.3) is 16.8 Å². The second-order valence-electron chi connectivity index (χ2n) is 15.7. The number of halogens is 18. The van der Waals surface area contributed by atoms with E-state index in [9.17, 15) is 99.5 Å². The molecule has 3 aromatic carbocycles. The minimum absolute atomic E-state index is 0.0840. The second-order valence-corrected chi connectivity index (χ2v) is 15.7. The first-order valence-corrected chi connectivity index (χ1v) is 17.2. The maximum atomic E-state index is 13.8. The third-order valence-electron chi connectivity index (χ3n) is 10.8. The van der Waals surface area contributed by atoms with E-state index < -0.39 is 111 Å². The number of hydrogen-bond acceptors (Lipinski definition) is 4. The summed E-state index contributed by atoms with van der Waals surface area (Å²) < 4.78 is 247. The first-order chi connectivity index (χ1) is 26.8. The van der Waals surface area contributed by atoms with Crippen LogP contribution in [-0.4, -0.2) is 68.7 Å². The van der Waals surface area contributed by atoms with Gasteiger partial charge >= 0.3 is 37.1 Å². The minimum Gasteiger partial charge on any atom is -0.507 e. The number of aryl methyl sites for hydroxylation is 3. The van der Waals surface area contributed by atoms with Gasteiger partial charge in [-0.3, -0.25) is 0 Å². The maximum Gasteiger partial charge on any atom is 0.430 e. The highest BCUT2D eigenvalue weighted by molar-refractivity contribution is 5.71. The van der Waals surface area contributed by atoms with E-state index in [4.69, 9.17) is 0 Å². The van der Waals surface area contributed by atoms with Crippen LogP contribution in [0.1, 0.15) is 84.2 Å². The normalized spacial score (nSPS) is 15.1. The predicted octanol–water partition coefficient (Wildman–Crippen LogP) is 11.8. The molecule has 0 saturated carbocycles. The van der Waals surface area contributed by atoms with Crippen LogP contribution in [0.25, 0.3) is 5.57 Å². The van der Waals surface area contributed by atoms with Crippen LogP contribution in [0.4, 0.5) is 79.0 Å². The lowest BCUT2D eigenvalue weighted by Gasteiger charge is -2.36. The van der Waals surface area contributed by atoms with E-state index in [0.29, 0.717) is 23.3 Å². The van der Waals surface area contributed by atoms with E-state index in [1.165, 1.54) is 52.8 Å². The van der Waals surface area contributed by atoms with Crippen LogP contribution in [-0.2, 0) is 16.4 Å². The van der Waals surface area contributed by atoms with Gasteiger partial charge in [-0.15, -0.1) is 0 Å². The molecule has 3 rings (SSSR count). The average molecular weight is 911 g/mol. The summed E-state index contributed by atoms with van der Waals surface area (Å²) in [6.07, 6.45) is -43.9. The Kier molecular flexibility index (Phi) is 12.8. The number of rotatable bonds is 9. The molecule has 342 valence electrons. The smallest absolute Gasteiger partial charge is 0.430 e. The Morgan fingerprint density at radius 2 is 0.885 bits per heavy atom. The molecule has 0 unspecified atom stereocenters. The second kappa shape index (κ2) is 15.3. The van der Waals surface area contributed by atoms with Crippen molar-refractivity contribution in [2.75, 3.05) is 0 Å². The summed E-state index contributed by atoms with van der Waals surface area (Å²) >= 11 is 0. The molecule has 4 N–H and O–H groups in total. The van der Waals surface area contributed by atoms with Crippen molar-refractivity contribution in [3.05, 3.63) is 105 Å². The van der Waals surface area contributed by atoms with Crippen LogP contribution in [0.2, 0.25) is 0 Å². The first kappa shape index (κ1) is 51.2. The highest BCUT2D eigenvalue weighted by Crippen LogP contribution is 2.55. The molecule has 4 nitrogen and oxygen atoms in total. The lowest BCUT2D eigenvalue weighted by Crippen LogP contribution is -2.58. The zero-order valence-electron chi connectivity index (χ0n) is 32.5. The van der Waals surface area contributed by atoms with Gasteiger partial charge in [0.05, 0.1) is 0 Å². The predicted molar refractivity (Wildman–Crippen MR) is 182 cm³/mol. The molecule has 3 aromatic rings. The van der Waals surface area contributed by atoms with Gasteiger partial charge in [0.1, 0.15) is 5.75 Å². The van der Waals surface area contributed by atoms with Gasteiger partial charge in [-0.05, 0) is 83.0 Å². The van der Waals surface area contributed by atoms with Crippen molar-refractivity contribution in [3.63, 3.8) is 0 Å². The fourth-order valence-corrected chi connectivity index (χ4v) is 6.81. The van der Waals surface area contributed by atoms with Crippen LogP contribution in [0.5, 0.6) is 5.75 Å². The van der Waals surface area contributed by atoms with Crippen LogP contribution in [0.15, 0.2) is 54.6 Å². The van der Waals surface area contributed by atoms with Crippen molar-refractivity contribution in [2.24, 2.45) is 0 Å². The molecule has 22 heteroatoms. The highest BCUT2D eigenvalue weighted by atomic mass is 19.4. The molecule has 61 heavy (non-hydrogen) atoms. The van der Waals surface area contributed by atoms with Crippen LogP contribution in [0, 0.1) is 20.8 Å². The number of benzene rings is 3. The van der Waals surface area contributed by atoms with Crippen LogP contribution >= 0.6 is 0 Å². The zero-order valence-corrected chi connectivity index (χ0v) is 32.5. The third-order valence-corrected chi connectivity index (χ3v) is 10.8. The van der Waals surface area contributed by atoms with Crippen molar-refractivity contribution in [1.82, 2.24) is 0 Å². The maximum absolute atomic E-state index is 13.8. The van der Waals surface area contributed by atoms with Crippen molar-refractivity contribution in [1.29, 1.82) is 0 Å². The molecular weight excluding hydrogens is 874 g/mol. The molecule has 0 atom stereocenters. The summed E-state index contributed by atoms with van der Waals surface area (Å²) in [4.78, 5) is 0. The molecule has 0 spiro atoms. The van der Waals surface area contributed by atoms with Gasteiger partial charge in [0.2, 0.25) is 0 Å². The van der Waals surface area contributed by atoms with Crippen LogP contribution in [0.3, 0.4) is 0 Å². The number of alkyl halides is 18. The Labute approximate surface area is 335 Å². The lowest BCUT2D eigenvalue weighted by atomic mass is 9.71. The Balaban J connectivity index is 2.25. The van der Waals surface area contributed by atoms with Gasteiger partial charge in [-0.25, -0.2) is 0 Å². The summed E-state index contributed by atoms with van der Waals surface area (Å²) in [7, 11) is 0. The van der Waals surface area contributed by atoms with Crippen molar-refractivity contribution < 1.29 is 99.5 Å². The summed E-state index contributed by atoms with van der Waals surface area (Å²) in [5, 5.41) is 40.0. The zero-order chi connectivity index (χ0) is 47.9. The summed E-state index contributed by atoms with van der Waals surface area (Å²) in [6, 6.07) is 8.17. The van der Waals surface area contributed by atoms with Crippen molar-refractivity contribution in [3.8, 4) is 5.75 Å². The Bertz CT molecular complexity index is 2110. The van der Waals surface area contributed by atoms with E-state index in [1.807, 2.05) is 0 Å². The third kappa shape index (κ3) is 8.76. The topological polar surface area (TPSA) is 80.9 Å². The number of phenolic OH excluding ortho intramolecular Hbond substituents is 1. The molecule has 0 heterocycles. The molecular formula is C39H36F18O4. The van der Waals surface area contributed by atoms with E-state index >= 15 is 0 Å². The fraction of sp³-hybridized carbons (Fsp3) is 0.487. The van der Waals surface area contributed by atoms with E-state index in [1.54, 1.807) is 0 Å². The summed E-state index contributed by atoms with van der Waals surface area (Å²) in [5.74, 6) is -1.48. The fourth-order valence-electron chi connectivity index (χ4n) is 6.81. The standard InChI is InChI=1S/C39H36F18O4/c1-18-12-22(8-10-25(18)21(16-31(59,34(40,41)42)35(43,44)45)17-32(60,36(46,47)48)37(49,50)51)29(4,5)23-9-11-26(19(2)13-23)30(6,7)24-14-20(3)28(58)27(15-24)33(61,38(52,53)54)39(55,56)57/h8-16,58-61H,17H2,1-7H3/b21-16+. The van der Waals surface area contributed by atoms with E-state index in [0.717, 1.165) is 32.0 Å². The monoisotopic (exact) mass is 910 g/mol. The number of aliphatic hydroxyl groups is 3. The average Bonchev–Trinajstić information content (AvgIpc) is 3.05. The summed E-state index contributed by atoms with van der Waals surface area (Å²) in [6.45, 7) is 9.08. The Morgan fingerprint density at radius 1 is 0.475 bits per heavy atom. The molecule has 0 aliphatic rings. The first-order valence-electron chi connectivity index (χ1n) is 17.2. The van der Waals surface area contributed by atoms with Gasteiger partial charge < -0.3 is 20.4 Å². The molecule has 0 amide bonds.